The number of nitrogens with zero attached hydrogens (tertiary/aromatic N) is 1. The van der Waals surface area contributed by atoms with Crippen LogP contribution in [0.3, 0.4) is 0 Å². The van der Waals surface area contributed by atoms with Crippen LogP contribution in [-0.2, 0) is 6.18 Å². The quantitative estimate of drug-likeness (QED) is 0.912. The van der Waals surface area contributed by atoms with Crippen LogP contribution in [0.25, 0.3) is 0 Å². The molecule has 22 heavy (non-hydrogen) atoms. The van der Waals surface area contributed by atoms with Gasteiger partial charge in [0.1, 0.15) is 0 Å². The van der Waals surface area contributed by atoms with Gasteiger partial charge in [0.25, 0.3) is 0 Å². The van der Waals surface area contributed by atoms with Gasteiger partial charge in [-0.1, -0.05) is 25.0 Å². The van der Waals surface area contributed by atoms with E-state index in [1.54, 1.807) is 12.1 Å². The van der Waals surface area contributed by atoms with Crippen molar-refractivity contribution in [1.82, 2.24) is 10.2 Å². The molecule has 1 aliphatic carbocycles. The van der Waals surface area contributed by atoms with Crippen LogP contribution in [0.4, 0.5) is 13.2 Å². The standard InChI is InChI=1S/C17H23F3N2/c18-17(19,20)15-7-5-14(6-8-15)16(13-3-1-2-4-13)22-11-9-21-10-12-22/h5-8,13,16,21H,1-4,9-12H2/t16-/m0/s1. The van der Waals surface area contributed by atoms with Crippen molar-refractivity contribution in [2.24, 2.45) is 5.92 Å². The Labute approximate surface area is 129 Å². The maximum atomic E-state index is 12.8. The summed E-state index contributed by atoms with van der Waals surface area (Å²) in [5, 5.41) is 3.35. The Morgan fingerprint density at radius 2 is 1.59 bits per heavy atom. The van der Waals surface area contributed by atoms with Crippen molar-refractivity contribution < 1.29 is 13.2 Å². The minimum Gasteiger partial charge on any atom is -0.314 e. The second kappa shape index (κ2) is 6.59. The van der Waals surface area contributed by atoms with Gasteiger partial charge in [-0.25, -0.2) is 0 Å². The lowest BCUT2D eigenvalue weighted by Gasteiger charge is -2.38. The van der Waals surface area contributed by atoms with Crippen molar-refractivity contribution in [3.8, 4) is 0 Å². The van der Waals surface area contributed by atoms with Crippen molar-refractivity contribution in [2.45, 2.75) is 37.9 Å². The number of hydrogen-bond donors (Lipinski definition) is 1. The monoisotopic (exact) mass is 312 g/mol. The second-order valence-electron chi connectivity index (χ2n) is 6.40. The minimum absolute atomic E-state index is 0.270. The number of halogens is 3. The van der Waals surface area contributed by atoms with Gasteiger partial charge in [-0.15, -0.1) is 0 Å². The molecule has 1 aromatic rings. The van der Waals surface area contributed by atoms with Crippen LogP contribution < -0.4 is 5.32 Å². The molecule has 0 aromatic heterocycles. The first-order valence-corrected chi connectivity index (χ1v) is 8.17. The van der Waals surface area contributed by atoms with E-state index in [0.29, 0.717) is 5.92 Å². The zero-order chi connectivity index (χ0) is 15.6. The van der Waals surface area contributed by atoms with Gasteiger partial charge in [-0.05, 0) is 36.5 Å². The first-order chi connectivity index (χ1) is 10.6. The number of hydrogen-bond acceptors (Lipinski definition) is 2. The van der Waals surface area contributed by atoms with Gasteiger partial charge < -0.3 is 5.32 Å². The van der Waals surface area contributed by atoms with Crippen LogP contribution in [0.2, 0.25) is 0 Å². The smallest absolute Gasteiger partial charge is 0.314 e. The third-order valence-electron chi connectivity index (χ3n) is 4.97. The largest absolute Gasteiger partial charge is 0.416 e. The highest BCUT2D eigenvalue weighted by Crippen LogP contribution is 2.40. The van der Waals surface area contributed by atoms with E-state index in [1.165, 1.54) is 37.8 Å². The normalized spacial score (nSPS) is 22.9. The molecule has 1 heterocycles. The molecule has 1 saturated carbocycles. The summed E-state index contributed by atoms with van der Waals surface area (Å²) in [5.74, 6) is 0.579. The maximum Gasteiger partial charge on any atom is 0.416 e. The first-order valence-electron chi connectivity index (χ1n) is 8.17. The van der Waals surface area contributed by atoms with Crippen LogP contribution in [0.15, 0.2) is 24.3 Å². The summed E-state index contributed by atoms with van der Waals surface area (Å²) in [4.78, 5) is 2.45. The Kier molecular flexibility index (Phi) is 4.73. The molecule has 2 aliphatic rings. The summed E-state index contributed by atoms with van der Waals surface area (Å²) < 4.78 is 38.3. The molecule has 1 saturated heterocycles. The highest BCUT2D eigenvalue weighted by atomic mass is 19.4. The summed E-state index contributed by atoms with van der Waals surface area (Å²) in [6.45, 7) is 3.87. The Morgan fingerprint density at radius 1 is 1.00 bits per heavy atom. The van der Waals surface area contributed by atoms with Crippen LogP contribution in [0.1, 0.15) is 42.9 Å². The van der Waals surface area contributed by atoms with E-state index in [1.807, 2.05) is 0 Å². The molecule has 122 valence electrons. The zero-order valence-corrected chi connectivity index (χ0v) is 12.7. The highest BCUT2D eigenvalue weighted by Gasteiger charge is 2.34. The van der Waals surface area contributed by atoms with Crippen molar-refractivity contribution in [2.75, 3.05) is 26.2 Å². The molecule has 5 heteroatoms. The number of benzene rings is 1. The molecule has 2 fully saturated rings. The van der Waals surface area contributed by atoms with Gasteiger partial charge >= 0.3 is 6.18 Å². The SMILES string of the molecule is FC(F)(F)c1ccc([C@H](C2CCCC2)N2CCNCC2)cc1. The van der Waals surface area contributed by atoms with E-state index in [-0.39, 0.29) is 6.04 Å². The van der Waals surface area contributed by atoms with Gasteiger partial charge in [0.2, 0.25) is 0 Å². The van der Waals surface area contributed by atoms with Crippen molar-refractivity contribution >= 4 is 0 Å². The fourth-order valence-electron chi connectivity index (χ4n) is 3.88. The molecule has 0 unspecified atom stereocenters. The van der Waals surface area contributed by atoms with E-state index < -0.39 is 11.7 Å². The first kappa shape index (κ1) is 15.8. The Hall–Kier alpha value is -1.07. The fourth-order valence-corrected chi connectivity index (χ4v) is 3.88. The lowest BCUT2D eigenvalue weighted by atomic mass is 9.89. The molecule has 2 nitrogen and oxygen atoms in total. The van der Waals surface area contributed by atoms with Crippen LogP contribution in [0, 0.1) is 5.92 Å². The molecular formula is C17H23F3N2. The lowest BCUT2D eigenvalue weighted by Crippen LogP contribution is -2.46. The van der Waals surface area contributed by atoms with Gasteiger partial charge in [0.15, 0.2) is 0 Å². The minimum atomic E-state index is -4.25. The van der Waals surface area contributed by atoms with E-state index in [2.05, 4.69) is 10.2 Å². The van der Waals surface area contributed by atoms with E-state index >= 15 is 0 Å². The molecule has 1 aliphatic heterocycles. The van der Waals surface area contributed by atoms with Gasteiger partial charge in [-0.2, -0.15) is 13.2 Å². The Bertz CT molecular complexity index is 472. The summed E-state index contributed by atoms with van der Waals surface area (Å²) in [6, 6.07) is 6.12. The van der Waals surface area contributed by atoms with Crippen LogP contribution in [0.5, 0.6) is 0 Å². The predicted octanol–water partition coefficient (Wildman–Crippen LogP) is 3.84. The van der Waals surface area contributed by atoms with Crippen LogP contribution in [-0.4, -0.2) is 31.1 Å². The van der Waals surface area contributed by atoms with Gasteiger partial charge in [-0.3, -0.25) is 4.90 Å². The molecule has 1 aromatic carbocycles. The third kappa shape index (κ3) is 3.46. The summed E-state index contributed by atoms with van der Waals surface area (Å²) in [5.41, 5.74) is 0.489. The Balaban J connectivity index is 1.84. The lowest BCUT2D eigenvalue weighted by molar-refractivity contribution is -0.137. The predicted molar refractivity (Wildman–Crippen MR) is 80.6 cm³/mol. The topological polar surface area (TPSA) is 15.3 Å². The number of nitrogens with one attached hydrogen (secondary N) is 1. The van der Waals surface area contributed by atoms with Gasteiger partial charge in [0, 0.05) is 32.2 Å². The number of alkyl halides is 3. The molecule has 0 spiro atoms. The Morgan fingerprint density at radius 3 is 2.14 bits per heavy atom. The fraction of sp³-hybridized carbons (Fsp3) is 0.647. The summed E-state index contributed by atoms with van der Waals surface area (Å²) in [6.07, 6.45) is 0.615. The van der Waals surface area contributed by atoms with E-state index in [4.69, 9.17) is 0 Å². The van der Waals surface area contributed by atoms with Gasteiger partial charge in [0.05, 0.1) is 5.56 Å². The van der Waals surface area contributed by atoms with Crippen molar-refractivity contribution in [3.63, 3.8) is 0 Å². The molecule has 1 atom stereocenters. The molecule has 0 bridgehead atoms. The van der Waals surface area contributed by atoms with Crippen molar-refractivity contribution in [3.05, 3.63) is 35.4 Å². The van der Waals surface area contributed by atoms with E-state index in [0.717, 1.165) is 31.7 Å². The molecule has 0 radical (unpaired) electrons. The van der Waals surface area contributed by atoms with E-state index in [9.17, 15) is 13.2 Å². The maximum absolute atomic E-state index is 12.8. The van der Waals surface area contributed by atoms with Crippen molar-refractivity contribution in [1.29, 1.82) is 0 Å². The summed E-state index contributed by atoms with van der Waals surface area (Å²) in [7, 11) is 0. The zero-order valence-electron chi connectivity index (χ0n) is 12.7. The highest BCUT2D eigenvalue weighted by molar-refractivity contribution is 5.27. The average Bonchev–Trinajstić information content (AvgIpc) is 3.02. The molecule has 0 amide bonds. The molecular weight excluding hydrogens is 289 g/mol. The molecule has 1 N–H and O–H groups in total. The average molecular weight is 312 g/mol. The third-order valence-corrected chi connectivity index (χ3v) is 4.97. The molecule has 3 rings (SSSR count). The number of piperazine rings is 1. The summed E-state index contributed by atoms with van der Waals surface area (Å²) >= 11 is 0. The number of rotatable bonds is 3. The second-order valence-corrected chi connectivity index (χ2v) is 6.40. The van der Waals surface area contributed by atoms with Crippen LogP contribution >= 0.6 is 0 Å².